The monoisotopic (exact) mass is 256 g/mol. The molecule has 0 unspecified atom stereocenters. The van der Waals surface area contributed by atoms with Crippen molar-refractivity contribution in [2.24, 2.45) is 5.73 Å². The molecule has 0 aliphatic rings. The Kier molecular flexibility index (Phi) is 3.33. The van der Waals surface area contributed by atoms with Gasteiger partial charge in [0, 0.05) is 18.8 Å². The fourth-order valence-corrected chi connectivity index (χ4v) is 1.57. The normalized spacial score (nSPS) is 11.8. The first-order valence-electron chi connectivity index (χ1n) is 5.29. The van der Waals surface area contributed by atoms with Crippen molar-refractivity contribution in [3.63, 3.8) is 0 Å². The van der Waals surface area contributed by atoms with Gasteiger partial charge in [-0.3, -0.25) is 4.57 Å². The van der Waals surface area contributed by atoms with Crippen molar-refractivity contribution >= 4 is 0 Å². The van der Waals surface area contributed by atoms with E-state index in [9.17, 15) is 13.2 Å². The maximum atomic E-state index is 12.6. The highest BCUT2D eigenvalue weighted by molar-refractivity contribution is 5.27. The standard InChI is InChI=1S/C11H11F3N4/c12-11(13,14)8-2-1-3-10(17-8)18-7-6-16-9(18)4-5-15/h1-3,6-7H,4-5,15H2. The summed E-state index contributed by atoms with van der Waals surface area (Å²) in [7, 11) is 0. The highest BCUT2D eigenvalue weighted by Crippen LogP contribution is 2.28. The number of imidazole rings is 1. The average Bonchev–Trinajstić information content (AvgIpc) is 2.77. The van der Waals surface area contributed by atoms with Gasteiger partial charge in [-0.2, -0.15) is 13.2 Å². The minimum Gasteiger partial charge on any atom is -0.330 e. The van der Waals surface area contributed by atoms with Crippen LogP contribution in [0.4, 0.5) is 13.2 Å². The third kappa shape index (κ3) is 2.51. The van der Waals surface area contributed by atoms with Crippen molar-refractivity contribution in [2.45, 2.75) is 12.6 Å². The van der Waals surface area contributed by atoms with E-state index in [2.05, 4.69) is 9.97 Å². The Morgan fingerprint density at radius 2 is 2.06 bits per heavy atom. The molecule has 2 aromatic rings. The second-order valence-electron chi connectivity index (χ2n) is 3.63. The summed E-state index contributed by atoms with van der Waals surface area (Å²) in [6.45, 7) is 0.371. The van der Waals surface area contributed by atoms with Crippen LogP contribution in [-0.4, -0.2) is 21.1 Å². The predicted octanol–water partition coefficient (Wildman–Crippen LogP) is 1.79. The Morgan fingerprint density at radius 3 is 2.72 bits per heavy atom. The molecular formula is C11H11F3N4. The van der Waals surface area contributed by atoms with Gasteiger partial charge in [-0.1, -0.05) is 6.07 Å². The first-order chi connectivity index (χ1) is 8.52. The Labute approximate surface area is 101 Å². The van der Waals surface area contributed by atoms with E-state index < -0.39 is 11.9 Å². The lowest BCUT2D eigenvalue weighted by molar-refractivity contribution is -0.141. The minimum atomic E-state index is -4.45. The summed E-state index contributed by atoms with van der Waals surface area (Å²) in [5, 5.41) is 0. The molecule has 96 valence electrons. The second kappa shape index (κ2) is 4.77. The number of halogens is 3. The molecule has 0 aliphatic heterocycles. The molecule has 2 aromatic heterocycles. The van der Waals surface area contributed by atoms with Crippen LogP contribution < -0.4 is 5.73 Å². The number of pyridine rings is 1. The molecule has 2 N–H and O–H groups in total. The maximum absolute atomic E-state index is 12.6. The summed E-state index contributed by atoms with van der Waals surface area (Å²) in [5.41, 5.74) is 4.49. The van der Waals surface area contributed by atoms with Crippen LogP contribution in [0.2, 0.25) is 0 Å². The molecule has 0 bridgehead atoms. The van der Waals surface area contributed by atoms with Crippen molar-refractivity contribution < 1.29 is 13.2 Å². The van der Waals surface area contributed by atoms with E-state index in [1.807, 2.05) is 0 Å². The summed E-state index contributed by atoms with van der Waals surface area (Å²) < 4.78 is 39.2. The number of aromatic nitrogens is 3. The van der Waals surface area contributed by atoms with E-state index in [0.717, 1.165) is 6.07 Å². The van der Waals surface area contributed by atoms with Gasteiger partial charge in [0.1, 0.15) is 17.3 Å². The molecule has 0 fully saturated rings. The van der Waals surface area contributed by atoms with Gasteiger partial charge < -0.3 is 5.73 Å². The number of alkyl halides is 3. The third-order valence-corrected chi connectivity index (χ3v) is 2.36. The first-order valence-corrected chi connectivity index (χ1v) is 5.29. The zero-order valence-corrected chi connectivity index (χ0v) is 9.35. The van der Waals surface area contributed by atoms with Crippen LogP contribution in [0.15, 0.2) is 30.6 Å². The van der Waals surface area contributed by atoms with Gasteiger partial charge in [0.25, 0.3) is 0 Å². The van der Waals surface area contributed by atoms with E-state index in [-0.39, 0.29) is 5.82 Å². The zero-order valence-electron chi connectivity index (χ0n) is 9.35. The van der Waals surface area contributed by atoms with E-state index in [0.29, 0.717) is 18.8 Å². The van der Waals surface area contributed by atoms with E-state index >= 15 is 0 Å². The summed E-state index contributed by atoms with van der Waals surface area (Å²) in [6, 6.07) is 3.75. The van der Waals surface area contributed by atoms with E-state index in [4.69, 9.17) is 5.73 Å². The lowest BCUT2D eigenvalue weighted by Gasteiger charge is -2.10. The molecule has 2 rings (SSSR count). The van der Waals surface area contributed by atoms with Crippen LogP contribution in [0.1, 0.15) is 11.5 Å². The van der Waals surface area contributed by atoms with Crippen LogP contribution in [0, 0.1) is 0 Å². The molecule has 0 aliphatic carbocycles. The maximum Gasteiger partial charge on any atom is 0.433 e. The molecular weight excluding hydrogens is 245 g/mol. The van der Waals surface area contributed by atoms with Gasteiger partial charge in [-0.15, -0.1) is 0 Å². The molecule has 0 spiro atoms. The summed E-state index contributed by atoms with van der Waals surface area (Å²) in [6.07, 6.45) is -0.907. The number of hydrogen-bond acceptors (Lipinski definition) is 3. The van der Waals surface area contributed by atoms with Gasteiger partial charge in [-0.05, 0) is 18.7 Å². The molecule has 18 heavy (non-hydrogen) atoms. The van der Waals surface area contributed by atoms with Gasteiger partial charge in [0.15, 0.2) is 0 Å². The zero-order chi connectivity index (χ0) is 13.2. The van der Waals surface area contributed by atoms with Crippen LogP contribution in [-0.2, 0) is 12.6 Å². The minimum absolute atomic E-state index is 0.186. The molecule has 0 amide bonds. The van der Waals surface area contributed by atoms with Gasteiger partial charge >= 0.3 is 6.18 Å². The smallest absolute Gasteiger partial charge is 0.330 e. The van der Waals surface area contributed by atoms with Gasteiger partial charge in [0.05, 0.1) is 0 Å². The average molecular weight is 256 g/mol. The number of nitrogens with two attached hydrogens (primary N) is 1. The first kappa shape index (κ1) is 12.6. The topological polar surface area (TPSA) is 56.7 Å². The predicted molar refractivity (Wildman–Crippen MR) is 59.1 cm³/mol. The van der Waals surface area contributed by atoms with Crippen LogP contribution in [0.5, 0.6) is 0 Å². The molecule has 7 heteroatoms. The molecule has 0 saturated heterocycles. The van der Waals surface area contributed by atoms with E-state index in [1.165, 1.54) is 22.9 Å². The summed E-state index contributed by atoms with van der Waals surface area (Å²) in [4.78, 5) is 7.62. The fourth-order valence-electron chi connectivity index (χ4n) is 1.57. The Balaban J connectivity index is 2.42. The van der Waals surface area contributed by atoms with Crippen molar-refractivity contribution in [1.82, 2.24) is 14.5 Å². The van der Waals surface area contributed by atoms with Crippen molar-refractivity contribution in [1.29, 1.82) is 0 Å². The molecule has 4 nitrogen and oxygen atoms in total. The lowest BCUT2D eigenvalue weighted by atomic mass is 10.3. The number of rotatable bonds is 3. The Hall–Kier alpha value is -1.89. The van der Waals surface area contributed by atoms with Crippen LogP contribution in [0.25, 0.3) is 5.82 Å². The highest BCUT2D eigenvalue weighted by atomic mass is 19.4. The van der Waals surface area contributed by atoms with Crippen molar-refractivity contribution in [2.75, 3.05) is 6.54 Å². The van der Waals surface area contributed by atoms with E-state index in [1.54, 1.807) is 6.20 Å². The lowest BCUT2D eigenvalue weighted by Crippen LogP contribution is -2.12. The van der Waals surface area contributed by atoms with Crippen LogP contribution >= 0.6 is 0 Å². The van der Waals surface area contributed by atoms with Gasteiger partial charge in [-0.25, -0.2) is 9.97 Å². The summed E-state index contributed by atoms with van der Waals surface area (Å²) >= 11 is 0. The SMILES string of the molecule is NCCc1nccn1-c1cccc(C(F)(F)F)n1. The Morgan fingerprint density at radius 1 is 1.28 bits per heavy atom. The summed E-state index contributed by atoms with van der Waals surface area (Å²) in [5.74, 6) is 0.773. The molecule has 0 radical (unpaired) electrons. The quantitative estimate of drug-likeness (QED) is 0.910. The Bertz CT molecular complexity index is 533. The molecule has 0 saturated carbocycles. The van der Waals surface area contributed by atoms with Crippen molar-refractivity contribution in [3.05, 3.63) is 42.1 Å². The van der Waals surface area contributed by atoms with Gasteiger partial charge in [0.2, 0.25) is 0 Å². The van der Waals surface area contributed by atoms with Crippen LogP contribution in [0.3, 0.4) is 0 Å². The van der Waals surface area contributed by atoms with Crippen molar-refractivity contribution in [3.8, 4) is 5.82 Å². The number of hydrogen-bond donors (Lipinski definition) is 1. The molecule has 0 aromatic carbocycles. The number of nitrogens with zero attached hydrogens (tertiary/aromatic N) is 3. The highest BCUT2D eigenvalue weighted by Gasteiger charge is 2.32. The third-order valence-electron chi connectivity index (χ3n) is 2.36. The molecule has 0 atom stereocenters. The fraction of sp³-hybridized carbons (Fsp3) is 0.273. The molecule has 2 heterocycles. The largest absolute Gasteiger partial charge is 0.433 e. The second-order valence-corrected chi connectivity index (χ2v) is 3.63.